The van der Waals surface area contributed by atoms with Gasteiger partial charge >= 0.3 is 0 Å². The van der Waals surface area contributed by atoms with E-state index in [4.69, 9.17) is 0 Å². The van der Waals surface area contributed by atoms with E-state index in [1.807, 2.05) is 6.26 Å². The van der Waals surface area contributed by atoms with E-state index < -0.39 is 35.4 Å². The number of carbonyl (C=O) groups excluding carboxylic acids is 3. The normalized spacial score (nSPS) is 30.2. The molecule has 7 nitrogen and oxygen atoms in total. The van der Waals surface area contributed by atoms with E-state index in [0.717, 1.165) is 0 Å². The number of rotatable bonds is 4. The molecule has 2 heterocycles. The molecule has 2 aliphatic heterocycles. The van der Waals surface area contributed by atoms with Crippen LogP contribution >= 0.6 is 11.8 Å². The SMILES string of the molecule is CSC[C@@H]1NC(=O)[C@H]([C@@H](C)[C@]2(O)C(=O)Nc3ccccc32)NC1=O. The van der Waals surface area contributed by atoms with Crippen molar-refractivity contribution in [3.05, 3.63) is 29.8 Å². The van der Waals surface area contributed by atoms with Crippen LogP contribution in [0.2, 0.25) is 0 Å². The molecule has 1 aromatic carbocycles. The number of aliphatic hydroxyl groups is 1. The summed E-state index contributed by atoms with van der Waals surface area (Å²) in [6.07, 6.45) is 1.84. The van der Waals surface area contributed by atoms with Crippen LogP contribution in [-0.4, -0.2) is 46.9 Å². The third-order valence-electron chi connectivity index (χ3n) is 4.64. The number of piperazine rings is 1. The van der Waals surface area contributed by atoms with E-state index in [2.05, 4.69) is 16.0 Å². The summed E-state index contributed by atoms with van der Waals surface area (Å²) in [7, 11) is 0. The third kappa shape index (κ3) is 2.46. The van der Waals surface area contributed by atoms with Gasteiger partial charge in [-0.2, -0.15) is 11.8 Å². The molecule has 2 aliphatic rings. The van der Waals surface area contributed by atoms with Gasteiger partial charge in [-0.25, -0.2) is 0 Å². The van der Waals surface area contributed by atoms with Gasteiger partial charge in [-0.15, -0.1) is 0 Å². The molecule has 128 valence electrons. The van der Waals surface area contributed by atoms with Crippen LogP contribution in [0.25, 0.3) is 0 Å². The molecule has 24 heavy (non-hydrogen) atoms. The Morgan fingerprint density at radius 3 is 2.62 bits per heavy atom. The first-order valence-electron chi connectivity index (χ1n) is 7.62. The highest BCUT2D eigenvalue weighted by molar-refractivity contribution is 7.98. The lowest BCUT2D eigenvalue weighted by molar-refractivity contribution is -0.148. The molecule has 3 rings (SSSR count). The number of thioether (sulfide) groups is 1. The fraction of sp³-hybridized carbons (Fsp3) is 0.438. The molecular formula is C16H19N3O4S. The summed E-state index contributed by atoms with van der Waals surface area (Å²) in [5.74, 6) is -1.67. The Morgan fingerprint density at radius 1 is 1.21 bits per heavy atom. The molecule has 8 heteroatoms. The Hall–Kier alpha value is -2.06. The van der Waals surface area contributed by atoms with Crippen LogP contribution in [0, 0.1) is 5.92 Å². The molecule has 4 N–H and O–H groups in total. The van der Waals surface area contributed by atoms with E-state index >= 15 is 0 Å². The number of benzene rings is 1. The van der Waals surface area contributed by atoms with Gasteiger partial charge in [-0.05, 0) is 12.3 Å². The average Bonchev–Trinajstić information content (AvgIpc) is 2.82. The Bertz CT molecular complexity index is 710. The Balaban J connectivity index is 1.89. The van der Waals surface area contributed by atoms with Gasteiger partial charge in [0.1, 0.15) is 12.1 Å². The van der Waals surface area contributed by atoms with Crippen molar-refractivity contribution in [3.63, 3.8) is 0 Å². The predicted molar refractivity (Wildman–Crippen MR) is 90.4 cm³/mol. The Labute approximate surface area is 143 Å². The zero-order valence-electron chi connectivity index (χ0n) is 13.3. The minimum absolute atomic E-state index is 0.309. The van der Waals surface area contributed by atoms with Crippen LogP contribution in [0.4, 0.5) is 5.69 Å². The summed E-state index contributed by atoms with van der Waals surface area (Å²) in [6, 6.07) is 5.20. The summed E-state index contributed by atoms with van der Waals surface area (Å²) in [5, 5.41) is 19.0. The van der Waals surface area contributed by atoms with Crippen molar-refractivity contribution in [2.24, 2.45) is 5.92 Å². The van der Waals surface area contributed by atoms with Crippen molar-refractivity contribution in [2.75, 3.05) is 17.3 Å². The molecule has 0 spiro atoms. The van der Waals surface area contributed by atoms with E-state index in [1.54, 1.807) is 31.2 Å². The summed E-state index contributed by atoms with van der Waals surface area (Å²) in [5.41, 5.74) is -0.950. The number of hydrogen-bond donors (Lipinski definition) is 4. The number of anilines is 1. The number of para-hydroxylation sites is 1. The summed E-state index contributed by atoms with van der Waals surface area (Å²) in [6.45, 7) is 1.58. The molecule has 4 atom stereocenters. The third-order valence-corrected chi connectivity index (χ3v) is 5.30. The number of carbonyl (C=O) groups is 3. The van der Waals surface area contributed by atoms with Crippen molar-refractivity contribution < 1.29 is 19.5 Å². The van der Waals surface area contributed by atoms with E-state index in [-0.39, 0.29) is 5.91 Å². The number of nitrogens with one attached hydrogen (secondary N) is 3. The second-order valence-electron chi connectivity index (χ2n) is 6.06. The molecule has 0 aromatic heterocycles. The molecule has 1 saturated heterocycles. The highest BCUT2D eigenvalue weighted by Gasteiger charge is 2.54. The molecule has 0 aliphatic carbocycles. The molecule has 1 fully saturated rings. The van der Waals surface area contributed by atoms with Gasteiger partial charge < -0.3 is 21.1 Å². The zero-order chi connectivity index (χ0) is 17.5. The second-order valence-corrected chi connectivity index (χ2v) is 6.97. The van der Waals surface area contributed by atoms with Crippen LogP contribution < -0.4 is 16.0 Å². The highest BCUT2D eigenvalue weighted by atomic mass is 32.2. The van der Waals surface area contributed by atoms with Gasteiger partial charge in [0.2, 0.25) is 11.8 Å². The summed E-state index contributed by atoms with van der Waals surface area (Å²) in [4.78, 5) is 37.0. The van der Waals surface area contributed by atoms with Crippen LogP contribution in [-0.2, 0) is 20.0 Å². The maximum absolute atomic E-state index is 12.4. The van der Waals surface area contributed by atoms with Gasteiger partial charge in [-0.3, -0.25) is 14.4 Å². The topological polar surface area (TPSA) is 108 Å². The Morgan fingerprint density at radius 2 is 1.92 bits per heavy atom. The minimum Gasteiger partial charge on any atom is -0.375 e. The lowest BCUT2D eigenvalue weighted by Crippen LogP contribution is -2.66. The molecule has 3 amide bonds. The lowest BCUT2D eigenvalue weighted by atomic mass is 9.78. The zero-order valence-corrected chi connectivity index (χ0v) is 14.1. The van der Waals surface area contributed by atoms with Crippen LogP contribution in [0.5, 0.6) is 0 Å². The first-order valence-corrected chi connectivity index (χ1v) is 9.02. The summed E-state index contributed by atoms with van der Waals surface area (Å²) >= 11 is 1.45. The second kappa shape index (κ2) is 6.10. The smallest absolute Gasteiger partial charge is 0.261 e. The predicted octanol–water partition coefficient (Wildman–Crippen LogP) is -0.191. The maximum atomic E-state index is 12.4. The van der Waals surface area contributed by atoms with Gasteiger partial charge in [0.15, 0.2) is 5.60 Å². The lowest BCUT2D eigenvalue weighted by Gasteiger charge is -2.37. The maximum Gasteiger partial charge on any atom is 0.261 e. The van der Waals surface area contributed by atoms with Crippen LogP contribution in [0.3, 0.4) is 0 Å². The van der Waals surface area contributed by atoms with Gasteiger partial charge in [0.25, 0.3) is 5.91 Å². The first-order chi connectivity index (χ1) is 11.4. The molecule has 0 radical (unpaired) electrons. The fourth-order valence-corrected chi connectivity index (χ4v) is 3.81. The molecular weight excluding hydrogens is 330 g/mol. The van der Waals surface area contributed by atoms with Gasteiger partial charge in [0.05, 0.1) is 0 Å². The minimum atomic E-state index is -1.88. The monoisotopic (exact) mass is 349 g/mol. The van der Waals surface area contributed by atoms with E-state index in [9.17, 15) is 19.5 Å². The molecule has 0 unspecified atom stereocenters. The average molecular weight is 349 g/mol. The van der Waals surface area contributed by atoms with Crippen molar-refractivity contribution >= 4 is 35.2 Å². The van der Waals surface area contributed by atoms with E-state index in [1.165, 1.54) is 11.8 Å². The first kappa shape index (κ1) is 16.8. The van der Waals surface area contributed by atoms with Crippen molar-refractivity contribution in [1.82, 2.24) is 10.6 Å². The van der Waals surface area contributed by atoms with E-state index in [0.29, 0.717) is 17.0 Å². The van der Waals surface area contributed by atoms with Crippen molar-refractivity contribution in [1.29, 1.82) is 0 Å². The van der Waals surface area contributed by atoms with Gasteiger partial charge in [-0.1, -0.05) is 25.1 Å². The van der Waals surface area contributed by atoms with Crippen LogP contribution in [0.1, 0.15) is 12.5 Å². The highest BCUT2D eigenvalue weighted by Crippen LogP contribution is 2.42. The number of amides is 3. The number of hydrogen-bond acceptors (Lipinski definition) is 5. The Kier molecular flexibility index (Phi) is 4.27. The van der Waals surface area contributed by atoms with Gasteiger partial charge in [0, 0.05) is 22.9 Å². The van der Waals surface area contributed by atoms with Crippen molar-refractivity contribution in [2.45, 2.75) is 24.6 Å². The number of fused-ring (bicyclic) bond motifs is 1. The molecule has 0 bridgehead atoms. The van der Waals surface area contributed by atoms with Crippen LogP contribution in [0.15, 0.2) is 24.3 Å². The standard InChI is InChI=1S/C16H19N3O4S/c1-8(12-14(21)17-11(7-24-2)13(20)19-12)16(23)9-5-3-4-6-10(9)18-15(16)22/h3-6,8,11-12,23H,7H2,1-2H3,(H,17,21)(H,18,22)(H,19,20)/t8-,11+,12+,16-/m1/s1. The van der Waals surface area contributed by atoms with Crippen molar-refractivity contribution in [3.8, 4) is 0 Å². The largest absolute Gasteiger partial charge is 0.375 e. The summed E-state index contributed by atoms with van der Waals surface area (Å²) < 4.78 is 0. The quantitative estimate of drug-likeness (QED) is 0.603. The molecule has 1 aromatic rings. The fourth-order valence-electron chi connectivity index (χ4n) is 3.24. The molecule has 0 saturated carbocycles.